The van der Waals surface area contributed by atoms with Crippen LogP contribution >= 0.6 is 0 Å². The monoisotopic (exact) mass is 521 g/mol. The molecule has 3 rings (SSSR count). The number of rotatable bonds is 10. The summed E-state index contributed by atoms with van der Waals surface area (Å²) in [6, 6.07) is 3.06. The van der Waals surface area contributed by atoms with Gasteiger partial charge in [0.05, 0.1) is 11.5 Å². The lowest BCUT2D eigenvalue weighted by atomic mass is 9.88. The summed E-state index contributed by atoms with van der Waals surface area (Å²) in [7, 11) is -4.08. The molecule has 0 saturated carbocycles. The maximum atomic E-state index is 13.6. The maximum absolute atomic E-state index is 13.6. The molecule has 36 heavy (non-hydrogen) atoms. The number of para-hydroxylation sites is 1. The predicted molar refractivity (Wildman–Crippen MR) is 139 cm³/mol. The standard InChI is InChI=1S/C25H39N5O5S/c1-4-18-10-12-30(21(14-18)25(32)33)24(31)20(8-6-11-27-17(3)26)29-36(34,35)22-9-5-7-19-13-16(2)15-28-23(19)22/h5,7,9,16,18,20-21,28-29H,4,6,8,10-15H2,1-3H3,(H2,26,27)(H,32,33)/t16?,18-,20?,21-/m1/s1. The van der Waals surface area contributed by atoms with Gasteiger partial charge in [-0.25, -0.2) is 13.2 Å². The second-order valence-electron chi connectivity index (χ2n) is 10.0. The number of carboxylic acids is 1. The van der Waals surface area contributed by atoms with Crippen LogP contribution in [0.4, 0.5) is 5.69 Å². The fraction of sp³-hybridized carbons (Fsp3) is 0.640. The van der Waals surface area contributed by atoms with Crippen molar-refractivity contribution < 1.29 is 23.1 Å². The van der Waals surface area contributed by atoms with Crippen molar-refractivity contribution >= 4 is 33.4 Å². The Morgan fingerprint density at radius 1 is 1.36 bits per heavy atom. The summed E-state index contributed by atoms with van der Waals surface area (Å²) in [6.07, 6.45) is 3.24. The summed E-state index contributed by atoms with van der Waals surface area (Å²) >= 11 is 0. The van der Waals surface area contributed by atoms with Crippen LogP contribution in [0.25, 0.3) is 0 Å². The molecule has 2 aliphatic rings. The molecule has 2 unspecified atom stereocenters. The van der Waals surface area contributed by atoms with Crippen molar-refractivity contribution in [3.05, 3.63) is 23.8 Å². The molecule has 11 heteroatoms. The van der Waals surface area contributed by atoms with Crippen molar-refractivity contribution in [3.8, 4) is 0 Å². The van der Waals surface area contributed by atoms with Crippen LogP contribution in [-0.4, -0.2) is 67.9 Å². The van der Waals surface area contributed by atoms with E-state index in [-0.39, 0.29) is 23.8 Å². The summed E-state index contributed by atoms with van der Waals surface area (Å²) in [5, 5.41) is 13.0. The third-order valence-electron chi connectivity index (χ3n) is 7.06. The Balaban J connectivity index is 1.88. The highest BCUT2D eigenvalue weighted by Crippen LogP contribution is 2.32. The van der Waals surface area contributed by atoms with Gasteiger partial charge in [0.2, 0.25) is 15.9 Å². The van der Waals surface area contributed by atoms with E-state index in [9.17, 15) is 23.1 Å². The number of fused-ring (bicyclic) bond motifs is 1. The number of carbonyl (C=O) groups excluding carboxylic acids is 1. The first-order chi connectivity index (χ1) is 17.0. The number of likely N-dealkylation sites (tertiary alicyclic amines) is 1. The SMILES string of the molecule is CC[C@@H]1CCN(C(=O)C(CCCN=C(C)N)NS(=O)(=O)c2cccc3c2NCC(C)C3)[C@@H](C(=O)O)C1. The fourth-order valence-corrected chi connectivity index (χ4v) is 6.49. The number of nitrogens with zero attached hydrogens (tertiary/aromatic N) is 2. The molecule has 5 N–H and O–H groups in total. The molecule has 0 spiro atoms. The van der Waals surface area contributed by atoms with Gasteiger partial charge in [0.15, 0.2) is 0 Å². The molecule has 2 heterocycles. The molecule has 1 amide bonds. The lowest BCUT2D eigenvalue weighted by molar-refractivity contribution is -0.154. The summed E-state index contributed by atoms with van der Waals surface area (Å²) in [4.78, 5) is 31.2. The van der Waals surface area contributed by atoms with Crippen LogP contribution in [0.2, 0.25) is 0 Å². The van der Waals surface area contributed by atoms with Gasteiger partial charge in [-0.2, -0.15) is 4.72 Å². The topological polar surface area (TPSA) is 154 Å². The van der Waals surface area contributed by atoms with Crippen LogP contribution in [0.3, 0.4) is 0 Å². The molecule has 1 saturated heterocycles. The van der Waals surface area contributed by atoms with Crippen molar-refractivity contribution in [2.75, 3.05) is 25.0 Å². The molecule has 0 radical (unpaired) electrons. The van der Waals surface area contributed by atoms with E-state index in [2.05, 4.69) is 22.0 Å². The summed E-state index contributed by atoms with van der Waals surface area (Å²) in [5.41, 5.74) is 7.08. The van der Waals surface area contributed by atoms with Crippen LogP contribution in [0.15, 0.2) is 28.1 Å². The molecule has 1 fully saturated rings. The minimum absolute atomic E-state index is 0.0972. The number of anilines is 1. The number of sulfonamides is 1. The number of nitrogens with one attached hydrogen (secondary N) is 2. The molecule has 1 aromatic carbocycles. The molecule has 0 aliphatic carbocycles. The van der Waals surface area contributed by atoms with Crippen molar-refractivity contribution in [1.29, 1.82) is 0 Å². The van der Waals surface area contributed by atoms with E-state index in [1.54, 1.807) is 13.0 Å². The lowest BCUT2D eigenvalue weighted by Gasteiger charge is -2.38. The zero-order chi connectivity index (χ0) is 26.5. The summed E-state index contributed by atoms with van der Waals surface area (Å²) in [6.45, 7) is 7.04. The first-order valence-corrected chi connectivity index (χ1v) is 14.2. The van der Waals surface area contributed by atoms with E-state index in [0.29, 0.717) is 49.8 Å². The van der Waals surface area contributed by atoms with E-state index < -0.39 is 34.0 Å². The van der Waals surface area contributed by atoms with Gasteiger partial charge in [0, 0.05) is 19.6 Å². The van der Waals surface area contributed by atoms with Gasteiger partial charge in [0.1, 0.15) is 17.0 Å². The lowest BCUT2D eigenvalue weighted by Crippen LogP contribution is -2.56. The number of amides is 1. The number of aliphatic carboxylic acids is 1. The molecule has 2 aliphatic heterocycles. The highest BCUT2D eigenvalue weighted by Gasteiger charge is 2.39. The number of aliphatic imine (C=N–C) groups is 1. The van der Waals surface area contributed by atoms with Crippen molar-refractivity contribution in [2.24, 2.45) is 22.6 Å². The zero-order valence-corrected chi connectivity index (χ0v) is 22.2. The van der Waals surface area contributed by atoms with Gasteiger partial charge in [-0.3, -0.25) is 9.79 Å². The van der Waals surface area contributed by atoms with Gasteiger partial charge in [-0.15, -0.1) is 0 Å². The Bertz CT molecular complexity index is 1090. The average molecular weight is 522 g/mol. The van der Waals surface area contributed by atoms with Crippen LogP contribution in [0, 0.1) is 11.8 Å². The van der Waals surface area contributed by atoms with E-state index in [1.807, 2.05) is 13.0 Å². The minimum atomic E-state index is -4.08. The Labute approximate surface area is 213 Å². The number of amidine groups is 1. The van der Waals surface area contributed by atoms with E-state index in [0.717, 1.165) is 18.4 Å². The smallest absolute Gasteiger partial charge is 0.326 e. The van der Waals surface area contributed by atoms with Gasteiger partial charge >= 0.3 is 5.97 Å². The summed E-state index contributed by atoms with van der Waals surface area (Å²) in [5.74, 6) is -0.579. The molecule has 0 bridgehead atoms. The Morgan fingerprint density at radius 3 is 2.78 bits per heavy atom. The molecule has 10 nitrogen and oxygen atoms in total. The molecule has 4 atom stereocenters. The van der Waals surface area contributed by atoms with Gasteiger partial charge in [0.25, 0.3) is 0 Å². The number of nitrogens with two attached hydrogens (primary N) is 1. The number of carboxylic acid groups (broad SMARTS) is 1. The Morgan fingerprint density at radius 2 is 2.11 bits per heavy atom. The number of hydrogen-bond donors (Lipinski definition) is 4. The minimum Gasteiger partial charge on any atom is -0.480 e. The number of carbonyl (C=O) groups is 2. The summed E-state index contributed by atoms with van der Waals surface area (Å²) < 4.78 is 29.7. The van der Waals surface area contributed by atoms with E-state index in [1.165, 1.54) is 11.0 Å². The quantitative estimate of drug-likeness (QED) is 0.209. The third kappa shape index (κ3) is 6.76. The van der Waals surface area contributed by atoms with Crippen LogP contribution in [0.1, 0.15) is 58.4 Å². The fourth-order valence-electron chi connectivity index (χ4n) is 5.04. The number of piperidine rings is 1. The highest BCUT2D eigenvalue weighted by molar-refractivity contribution is 7.89. The second-order valence-corrected chi connectivity index (χ2v) is 11.7. The van der Waals surface area contributed by atoms with E-state index >= 15 is 0 Å². The Kier molecular flexibility index (Phi) is 9.35. The van der Waals surface area contributed by atoms with E-state index in [4.69, 9.17) is 5.73 Å². The maximum Gasteiger partial charge on any atom is 0.326 e. The van der Waals surface area contributed by atoms with Crippen LogP contribution < -0.4 is 15.8 Å². The molecule has 1 aromatic rings. The van der Waals surface area contributed by atoms with Crippen molar-refractivity contribution in [3.63, 3.8) is 0 Å². The van der Waals surface area contributed by atoms with Crippen LogP contribution in [-0.2, 0) is 26.0 Å². The van der Waals surface area contributed by atoms with Crippen molar-refractivity contribution in [1.82, 2.24) is 9.62 Å². The third-order valence-corrected chi connectivity index (χ3v) is 8.58. The first-order valence-electron chi connectivity index (χ1n) is 12.7. The average Bonchev–Trinajstić information content (AvgIpc) is 2.84. The zero-order valence-electron chi connectivity index (χ0n) is 21.4. The first kappa shape index (κ1) is 27.9. The largest absolute Gasteiger partial charge is 0.480 e. The predicted octanol–water partition coefficient (Wildman–Crippen LogP) is 2.20. The van der Waals surface area contributed by atoms with Crippen molar-refractivity contribution in [2.45, 2.75) is 76.3 Å². The molecule has 200 valence electrons. The number of hydrogen-bond acceptors (Lipinski definition) is 6. The second kappa shape index (κ2) is 12.1. The Hall–Kier alpha value is -2.66. The molecule has 0 aromatic heterocycles. The van der Waals surface area contributed by atoms with Crippen LogP contribution in [0.5, 0.6) is 0 Å². The van der Waals surface area contributed by atoms with Gasteiger partial charge < -0.3 is 21.1 Å². The highest BCUT2D eigenvalue weighted by atomic mass is 32.2. The van der Waals surface area contributed by atoms with Gasteiger partial charge in [-0.05, 0) is 62.5 Å². The number of benzene rings is 1. The molecular formula is C25H39N5O5S. The van der Waals surface area contributed by atoms with Gasteiger partial charge in [-0.1, -0.05) is 32.4 Å². The molecular weight excluding hydrogens is 482 g/mol. The normalized spacial score (nSPS) is 23.5.